The Balaban J connectivity index is 2.02. The number of anilines is 1. The van der Waals surface area contributed by atoms with Gasteiger partial charge in [-0.25, -0.2) is 9.48 Å². The Labute approximate surface area is 168 Å². The lowest BCUT2D eigenvalue weighted by atomic mass is 10.1. The van der Waals surface area contributed by atoms with E-state index in [9.17, 15) is 14.4 Å². The van der Waals surface area contributed by atoms with Crippen molar-refractivity contribution in [3.8, 4) is 5.69 Å². The van der Waals surface area contributed by atoms with Crippen LogP contribution in [0.4, 0.5) is 5.69 Å². The number of benzene rings is 1. The van der Waals surface area contributed by atoms with Gasteiger partial charge in [0.1, 0.15) is 11.4 Å². The van der Waals surface area contributed by atoms with Crippen LogP contribution < -0.4 is 10.9 Å². The lowest BCUT2D eigenvalue weighted by Gasteiger charge is -2.07. The molecular formula is C21H24N4O4. The molecule has 0 fully saturated rings. The molecule has 152 valence electrons. The summed E-state index contributed by atoms with van der Waals surface area (Å²) in [6.45, 7) is 5.31. The third-order valence-electron chi connectivity index (χ3n) is 5.09. The number of methoxy groups -OCH3 is 1. The molecule has 0 aliphatic carbocycles. The normalized spacial score (nSPS) is 10.8. The Morgan fingerprint density at radius 2 is 1.83 bits per heavy atom. The first-order valence-electron chi connectivity index (χ1n) is 9.26. The van der Waals surface area contributed by atoms with Crippen LogP contribution >= 0.6 is 0 Å². The van der Waals surface area contributed by atoms with Crippen molar-refractivity contribution in [2.75, 3.05) is 12.4 Å². The molecule has 2 N–H and O–H groups in total. The highest BCUT2D eigenvalue weighted by atomic mass is 16.5. The van der Waals surface area contributed by atoms with Crippen LogP contribution in [-0.2, 0) is 18.2 Å². The summed E-state index contributed by atoms with van der Waals surface area (Å²) in [5.41, 5.74) is 2.85. The highest BCUT2D eigenvalue weighted by Crippen LogP contribution is 2.22. The van der Waals surface area contributed by atoms with E-state index in [0.717, 1.165) is 0 Å². The van der Waals surface area contributed by atoms with Gasteiger partial charge in [-0.3, -0.25) is 14.3 Å². The second kappa shape index (κ2) is 7.83. The van der Waals surface area contributed by atoms with Crippen LogP contribution in [0.25, 0.3) is 5.69 Å². The van der Waals surface area contributed by atoms with Crippen molar-refractivity contribution in [3.05, 3.63) is 68.9 Å². The van der Waals surface area contributed by atoms with Gasteiger partial charge in [-0.2, -0.15) is 0 Å². The maximum Gasteiger partial charge on any atom is 0.339 e. The number of rotatable bonds is 5. The number of hydrogen-bond acceptors (Lipinski definition) is 4. The topological polar surface area (TPSA) is 98.1 Å². The van der Waals surface area contributed by atoms with Crippen LogP contribution in [0.2, 0.25) is 0 Å². The zero-order valence-electron chi connectivity index (χ0n) is 17.1. The van der Waals surface area contributed by atoms with Crippen molar-refractivity contribution in [1.29, 1.82) is 0 Å². The van der Waals surface area contributed by atoms with Gasteiger partial charge in [0.25, 0.3) is 11.5 Å². The standard InChI is InChI=1S/C21H24N4O4/c1-6-15-16(21(28)29-5)12(2)17(22-15)19(26)23-18-13(3)24(4)25(20(18)27)14-10-8-7-9-11-14/h7-11,22H,6H2,1-5H3,(H,23,26). The minimum Gasteiger partial charge on any atom is -0.465 e. The Morgan fingerprint density at radius 3 is 2.41 bits per heavy atom. The zero-order chi connectivity index (χ0) is 21.3. The predicted octanol–water partition coefficient (Wildman–Crippen LogP) is 2.72. The summed E-state index contributed by atoms with van der Waals surface area (Å²) in [6, 6.07) is 9.18. The first-order valence-corrected chi connectivity index (χ1v) is 9.26. The molecule has 0 spiro atoms. The number of para-hydroxylation sites is 1. The smallest absolute Gasteiger partial charge is 0.339 e. The number of aromatic nitrogens is 3. The maximum atomic E-state index is 13.0. The molecule has 29 heavy (non-hydrogen) atoms. The second-order valence-corrected chi connectivity index (χ2v) is 6.71. The number of carbonyl (C=O) groups is 2. The molecule has 0 aliphatic rings. The Hall–Kier alpha value is -3.55. The monoisotopic (exact) mass is 396 g/mol. The van der Waals surface area contributed by atoms with Gasteiger partial charge in [-0.1, -0.05) is 25.1 Å². The zero-order valence-corrected chi connectivity index (χ0v) is 17.1. The molecule has 0 saturated carbocycles. The van der Waals surface area contributed by atoms with E-state index in [4.69, 9.17) is 4.74 Å². The van der Waals surface area contributed by atoms with Crippen LogP contribution in [0.5, 0.6) is 0 Å². The number of amides is 1. The molecule has 0 saturated heterocycles. The van der Waals surface area contributed by atoms with E-state index in [1.165, 1.54) is 11.8 Å². The summed E-state index contributed by atoms with van der Waals surface area (Å²) >= 11 is 0. The lowest BCUT2D eigenvalue weighted by Crippen LogP contribution is -2.23. The SMILES string of the molecule is CCc1[nH]c(C(=O)Nc2c(C)n(C)n(-c3ccccc3)c2=O)c(C)c1C(=O)OC. The van der Waals surface area contributed by atoms with Crippen LogP contribution in [0.3, 0.4) is 0 Å². The minimum atomic E-state index is -0.503. The van der Waals surface area contributed by atoms with E-state index in [1.54, 1.807) is 25.6 Å². The number of esters is 1. The van der Waals surface area contributed by atoms with Crippen LogP contribution in [-0.4, -0.2) is 33.3 Å². The van der Waals surface area contributed by atoms with Crippen molar-refractivity contribution in [2.45, 2.75) is 27.2 Å². The number of aromatic amines is 1. The predicted molar refractivity (Wildman–Crippen MR) is 110 cm³/mol. The Morgan fingerprint density at radius 1 is 1.17 bits per heavy atom. The average molecular weight is 396 g/mol. The quantitative estimate of drug-likeness (QED) is 0.648. The van der Waals surface area contributed by atoms with Gasteiger partial charge in [0, 0.05) is 12.7 Å². The summed E-state index contributed by atoms with van der Waals surface area (Å²) in [5.74, 6) is -0.990. The molecule has 0 unspecified atom stereocenters. The number of aryl methyl sites for hydroxylation is 1. The average Bonchev–Trinajstić information content (AvgIpc) is 3.17. The van der Waals surface area contributed by atoms with E-state index in [2.05, 4.69) is 10.3 Å². The largest absolute Gasteiger partial charge is 0.465 e. The second-order valence-electron chi connectivity index (χ2n) is 6.71. The number of nitrogens with one attached hydrogen (secondary N) is 2. The van der Waals surface area contributed by atoms with Crippen LogP contribution in [0, 0.1) is 13.8 Å². The van der Waals surface area contributed by atoms with Crippen molar-refractivity contribution in [3.63, 3.8) is 0 Å². The summed E-state index contributed by atoms with van der Waals surface area (Å²) in [5, 5.41) is 2.71. The molecule has 1 amide bonds. The molecule has 1 aromatic carbocycles. The first-order chi connectivity index (χ1) is 13.8. The van der Waals surface area contributed by atoms with E-state index in [-0.39, 0.29) is 16.9 Å². The van der Waals surface area contributed by atoms with Gasteiger partial charge in [0.15, 0.2) is 0 Å². The van der Waals surface area contributed by atoms with E-state index in [0.29, 0.717) is 34.6 Å². The third kappa shape index (κ3) is 3.37. The van der Waals surface area contributed by atoms with Crippen LogP contribution in [0.1, 0.15) is 44.7 Å². The first kappa shape index (κ1) is 20.2. The van der Waals surface area contributed by atoms with Gasteiger partial charge in [-0.05, 0) is 38.0 Å². The highest BCUT2D eigenvalue weighted by Gasteiger charge is 2.25. The fourth-order valence-electron chi connectivity index (χ4n) is 3.42. The Kier molecular flexibility index (Phi) is 5.45. The molecule has 0 bridgehead atoms. The molecule has 2 heterocycles. The number of ether oxygens (including phenoxy) is 1. The van der Waals surface area contributed by atoms with E-state index in [1.807, 2.05) is 37.3 Å². The third-order valence-corrected chi connectivity index (χ3v) is 5.09. The van der Waals surface area contributed by atoms with E-state index >= 15 is 0 Å². The van der Waals surface area contributed by atoms with Crippen molar-refractivity contribution < 1.29 is 14.3 Å². The summed E-state index contributed by atoms with van der Waals surface area (Å²) < 4.78 is 8.01. The van der Waals surface area contributed by atoms with E-state index < -0.39 is 11.9 Å². The molecule has 8 heteroatoms. The fourth-order valence-corrected chi connectivity index (χ4v) is 3.42. The highest BCUT2D eigenvalue weighted by molar-refractivity contribution is 6.07. The molecule has 0 aliphatic heterocycles. The van der Waals surface area contributed by atoms with Crippen molar-refractivity contribution in [2.24, 2.45) is 7.05 Å². The van der Waals surface area contributed by atoms with Crippen molar-refractivity contribution in [1.82, 2.24) is 14.3 Å². The van der Waals surface area contributed by atoms with Gasteiger partial charge < -0.3 is 15.0 Å². The van der Waals surface area contributed by atoms with Gasteiger partial charge >= 0.3 is 5.97 Å². The summed E-state index contributed by atoms with van der Waals surface area (Å²) in [4.78, 5) is 41.0. The number of H-pyrrole nitrogens is 1. The number of nitrogens with zero attached hydrogens (tertiary/aromatic N) is 2. The minimum absolute atomic E-state index is 0.188. The van der Waals surface area contributed by atoms with Gasteiger partial charge in [-0.15, -0.1) is 0 Å². The molecule has 3 rings (SSSR count). The molecule has 0 radical (unpaired) electrons. The lowest BCUT2D eigenvalue weighted by molar-refractivity contribution is 0.0599. The molecular weight excluding hydrogens is 372 g/mol. The summed E-state index contributed by atoms with van der Waals surface area (Å²) in [6.07, 6.45) is 0.531. The number of hydrogen-bond donors (Lipinski definition) is 2. The molecule has 8 nitrogen and oxygen atoms in total. The summed E-state index contributed by atoms with van der Waals surface area (Å²) in [7, 11) is 3.05. The van der Waals surface area contributed by atoms with Gasteiger partial charge in [0.05, 0.1) is 24.1 Å². The maximum absolute atomic E-state index is 13.0. The molecule has 2 aromatic heterocycles. The fraction of sp³-hybridized carbons (Fsp3) is 0.286. The van der Waals surface area contributed by atoms with Crippen molar-refractivity contribution >= 4 is 17.6 Å². The number of carbonyl (C=O) groups excluding carboxylic acids is 2. The van der Waals surface area contributed by atoms with Gasteiger partial charge in [0.2, 0.25) is 0 Å². The molecule has 3 aromatic rings. The Bertz CT molecular complexity index is 1140. The molecule has 0 atom stereocenters. The van der Waals surface area contributed by atoms with Crippen LogP contribution in [0.15, 0.2) is 35.1 Å².